The Bertz CT molecular complexity index is 581. The molecular formula is C13H18BrClN4O. The predicted molar refractivity (Wildman–Crippen MR) is 82.5 cm³/mol. The van der Waals surface area contributed by atoms with E-state index in [1.165, 1.54) is 0 Å². The van der Waals surface area contributed by atoms with Gasteiger partial charge in [-0.25, -0.2) is 5.43 Å². The summed E-state index contributed by atoms with van der Waals surface area (Å²) in [6.07, 6.45) is 1.43. The first-order valence-electron chi connectivity index (χ1n) is 6.56. The molecule has 0 saturated heterocycles. The maximum absolute atomic E-state index is 6.41. The third-order valence-electron chi connectivity index (χ3n) is 3.23. The molecule has 110 valence electrons. The average Bonchev–Trinajstić information content (AvgIpc) is 3.00. The van der Waals surface area contributed by atoms with Crippen molar-refractivity contribution in [2.75, 3.05) is 0 Å². The van der Waals surface area contributed by atoms with Gasteiger partial charge in [-0.3, -0.25) is 10.5 Å². The molecule has 20 heavy (non-hydrogen) atoms. The number of hydrogen-bond donors (Lipinski definition) is 2. The second-order valence-corrected chi connectivity index (χ2v) is 5.60. The van der Waals surface area contributed by atoms with Crippen molar-refractivity contribution in [2.24, 2.45) is 5.84 Å². The molecule has 0 saturated carbocycles. The van der Waals surface area contributed by atoms with Crippen molar-refractivity contribution in [1.29, 1.82) is 0 Å². The standard InChI is InChI=1S/C13H18BrClN4O/c1-3-8-13(15)10(19(4-2)18-8)7-9(17-16)11-5-6-12(14)20-11/h5-6,9,17H,3-4,7,16H2,1-2H3. The SMILES string of the molecule is CCc1nn(CC)c(CC(NN)c2ccc(Br)o2)c1Cl. The van der Waals surface area contributed by atoms with Crippen molar-refractivity contribution >= 4 is 27.5 Å². The fraction of sp³-hybridized carbons (Fsp3) is 0.462. The van der Waals surface area contributed by atoms with Crippen LogP contribution >= 0.6 is 27.5 Å². The second-order valence-electron chi connectivity index (χ2n) is 4.44. The van der Waals surface area contributed by atoms with E-state index < -0.39 is 0 Å². The van der Waals surface area contributed by atoms with E-state index in [1.54, 1.807) is 0 Å². The Kier molecular flexibility index (Phi) is 5.26. The van der Waals surface area contributed by atoms with Crippen LogP contribution in [0.3, 0.4) is 0 Å². The van der Waals surface area contributed by atoms with Gasteiger partial charge in [0.2, 0.25) is 0 Å². The Morgan fingerprint density at radius 3 is 2.75 bits per heavy atom. The third-order valence-corrected chi connectivity index (χ3v) is 4.09. The quantitative estimate of drug-likeness (QED) is 0.612. The number of aromatic nitrogens is 2. The number of aryl methyl sites for hydroxylation is 2. The summed E-state index contributed by atoms with van der Waals surface area (Å²) in [6.45, 7) is 4.86. The molecular weight excluding hydrogens is 344 g/mol. The van der Waals surface area contributed by atoms with E-state index in [4.69, 9.17) is 21.9 Å². The fourth-order valence-electron chi connectivity index (χ4n) is 2.16. The number of halogens is 2. The Morgan fingerprint density at radius 2 is 2.25 bits per heavy atom. The minimum atomic E-state index is -0.148. The highest BCUT2D eigenvalue weighted by Crippen LogP contribution is 2.28. The second kappa shape index (κ2) is 6.76. The molecule has 2 rings (SSSR count). The van der Waals surface area contributed by atoms with Crippen LogP contribution < -0.4 is 11.3 Å². The van der Waals surface area contributed by atoms with Gasteiger partial charge >= 0.3 is 0 Å². The molecule has 0 aliphatic rings. The lowest BCUT2D eigenvalue weighted by Gasteiger charge is -2.14. The Labute approximate surface area is 131 Å². The lowest BCUT2D eigenvalue weighted by molar-refractivity contribution is 0.398. The molecule has 0 fully saturated rings. The Morgan fingerprint density at radius 1 is 1.50 bits per heavy atom. The Balaban J connectivity index is 2.29. The monoisotopic (exact) mass is 360 g/mol. The van der Waals surface area contributed by atoms with Crippen LogP contribution in [0.15, 0.2) is 21.2 Å². The number of nitrogens with zero attached hydrogens (tertiary/aromatic N) is 2. The molecule has 2 heterocycles. The first kappa shape index (κ1) is 15.6. The first-order valence-corrected chi connectivity index (χ1v) is 7.73. The van der Waals surface area contributed by atoms with Crippen LogP contribution in [0, 0.1) is 0 Å². The fourth-order valence-corrected chi connectivity index (χ4v) is 2.83. The van der Waals surface area contributed by atoms with Crippen LogP contribution in [-0.4, -0.2) is 9.78 Å². The highest BCUT2D eigenvalue weighted by Gasteiger charge is 2.21. The summed E-state index contributed by atoms with van der Waals surface area (Å²) >= 11 is 9.70. The zero-order valence-electron chi connectivity index (χ0n) is 11.5. The van der Waals surface area contributed by atoms with Crippen LogP contribution in [0.2, 0.25) is 5.02 Å². The molecule has 0 aliphatic carbocycles. The summed E-state index contributed by atoms with van der Waals surface area (Å²) in [5.41, 5.74) is 4.66. The lowest BCUT2D eigenvalue weighted by atomic mass is 10.1. The van der Waals surface area contributed by atoms with Crippen LogP contribution in [0.1, 0.15) is 37.0 Å². The van der Waals surface area contributed by atoms with Gasteiger partial charge in [0.25, 0.3) is 0 Å². The zero-order chi connectivity index (χ0) is 14.7. The van der Waals surface area contributed by atoms with E-state index in [0.29, 0.717) is 11.1 Å². The topological polar surface area (TPSA) is 69.0 Å². The number of hydrazine groups is 1. The molecule has 0 aliphatic heterocycles. The molecule has 0 spiro atoms. The minimum absolute atomic E-state index is 0.148. The summed E-state index contributed by atoms with van der Waals surface area (Å²) in [7, 11) is 0. The van der Waals surface area contributed by atoms with Gasteiger partial charge in [0.05, 0.1) is 22.5 Å². The minimum Gasteiger partial charge on any atom is -0.453 e. The summed E-state index contributed by atoms with van der Waals surface area (Å²) in [5, 5.41) is 5.23. The van der Waals surface area contributed by atoms with Gasteiger partial charge in [0.15, 0.2) is 4.67 Å². The lowest BCUT2D eigenvalue weighted by Crippen LogP contribution is -2.30. The smallest absolute Gasteiger partial charge is 0.169 e. The molecule has 0 bridgehead atoms. The van der Waals surface area contributed by atoms with Gasteiger partial charge in [0, 0.05) is 13.0 Å². The number of nitrogens with one attached hydrogen (secondary N) is 1. The number of nitrogens with two attached hydrogens (primary N) is 1. The van der Waals surface area contributed by atoms with Gasteiger partial charge in [-0.05, 0) is 41.4 Å². The van der Waals surface area contributed by atoms with Crippen LogP contribution in [-0.2, 0) is 19.4 Å². The van der Waals surface area contributed by atoms with Crippen molar-refractivity contribution in [2.45, 2.75) is 39.3 Å². The largest absolute Gasteiger partial charge is 0.453 e. The van der Waals surface area contributed by atoms with Gasteiger partial charge in [-0.15, -0.1) is 0 Å². The number of rotatable bonds is 6. The summed E-state index contributed by atoms with van der Waals surface area (Å²) < 4.78 is 8.15. The van der Waals surface area contributed by atoms with Crippen molar-refractivity contribution in [3.63, 3.8) is 0 Å². The predicted octanol–water partition coefficient (Wildman–Crippen LogP) is 3.22. The molecule has 1 atom stereocenters. The highest BCUT2D eigenvalue weighted by atomic mass is 79.9. The Hall–Kier alpha value is -0.820. The van der Waals surface area contributed by atoms with Crippen molar-refractivity contribution in [3.8, 4) is 0 Å². The van der Waals surface area contributed by atoms with Crippen molar-refractivity contribution < 1.29 is 4.42 Å². The summed E-state index contributed by atoms with van der Waals surface area (Å²) in [5.74, 6) is 6.41. The van der Waals surface area contributed by atoms with Crippen LogP contribution in [0.25, 0.3) is 0 Å². The molecule has 1 unspecified atom stereocenters. The molecule has 5 nitrogen and oxygen atoms in total. The van der Waals surface area contributed by atoms with Gasteiger partial charge in [-0.1, -0.05) is 18.5 Å². The summed E-state index contributed by atoms with van der Waals surface area (Å²) in [4.78, 5) is 0. The molecule has 3 N–H and O–H groups in total. The van der Waals surface area contributed by atoms with Gasteiger partial charge < -0.3 is 4.42 Å². The molecule has 0 amide bonds. The highest BCUT2D eigenvalue weighted by molar-refractivity contribution is 9.10. The number of furan rings is 1. The van der Waals surface area contributed by atoms with E-state index in [-0.39, 0.29) is 6.04 Å². The van der Waals surface area contributed by atoms with E-state index in [2.05, 4.69) is 26.5 Å². The van der Waals surface area contributed by atoms with Crippen molar-refractivity contribution in [1.82, 2.24) is 15.2 Å². The van der Waals surface area contributed by atoms with Crippen molar-refractivity contribution in [3.05, 3.63) is 39.0 Å². The first-order chi connectivity index (χ1) is 9.60. The normalized spacial score (nSPS) is 12.8. The number of hydrogen-bond acceptors (Lipinski definition) is 4. The van der Waals surface area contributed by atoms with Crippen LogP contribution in [0.4, 0.5) is 0 Å². The third kappa shape index (κ3) is 3.09. The van der Waals surface area contributed by atoms with E-state index in [9.17, 15) is 0 Å². The van der Waals surface area contributed by atoms with E-state index >= 15 is 0 Å². The maximum atomic E-state index is 6.41. The molecule has 2 aromatic heterocycles. The van der Waals surface area contributed by atoms with Crippen LogP contribution in [0.5, 0.6) is 0 Å². The molecule has 2 aromatic rings. The average molecular weight is 362 g/mol. The van der Waals surface area contributed by atoms with E-state index in [1.807, 2.05) is 30.7 Å². The molecule has 0 radical (unpaired) electrons. The maximum Gasteiger partial charge on any atom is 0.169 e. The molecule has 0 aromatic carbocycles. The van der Waals surface area contributed by atoms with Gasteiger partial charge in [-0.2, -0.15) is 5.10 Å². The van der Waals surface area contributed by atoms with Gasteiger partial charge in [0.1, 0.15) is 5.76 Å². The zero-order valence-corrected chi connectivity index (χ0v) is 13.8. The molecule has 7 heteroatoms. The summed E-state index contributed by atoms with van der Waals surface area (Å²) in [6, 6.07) is 3.58. The van der Waals surface area contributed by atoms with E-state index in [0.717, 1.165) is 35.1 Å².